The lowest BCUT2D eigenvalue weighted by Gasteiger charge is -2.08. The summed E-state index contributed by atoms with van der Waals surface area (Å²) in [5.41, 5.74) is 8.20. The molecule has 11 nitrogen and oxygen atoms in total. The van der Waals surface area contributed by atoms with Gasteiger partial charge in [-0.1, -0.05) is 17.3 Å². The van der Waals surface area contributed by atoms with Gasteiger partial charge in [0, 0.05) is 44.0 Å². The van der Waals surface area contributed by atoms with Crippen molar-refractivity contribution in [1.29, 1.82) is 0 Å². The molecule has 0 radical (unpaired) electrons. The highest BCUT2D eigenvalue weighted by atomic mass is 31.2. The van der Waals surface area contributed by atoms with Crippen molar-refractivity contribution in [2.75, 3.05) is 20.4 Å². The number of hydrogen-bond donors (Lipinski definition) is 3. The van der Waals surface area contributed by atoms with Crippen molar-refractivity contribution in [3.63, 3.8) is 0 Å². The van der Waals surface area contributed by atoms with E-state index >= 15 is 0 Å². The molecule has 1 atom stereocenters. The van der Waals surface area contributed by atoms with Crippen LogP contribution in [0.15, 0.2) is 70.1 Å². The highest BCUT2D eigenvalue weighted by Gasteiger charge is 2.17. The second-order valence-electron chi connectivity index (χ2n) is 6.62. The molecule has 1 unspecified atom stereocenters. The Morgan fingerprint density at radius 2 is 2.24 bits per heavy atom. The Labute approximate surface area is 190 Å². The SMILES string of the molecule is COP(=O)(O)OCN/C=C\C=C(/CN)c1cc(Cc2ccc(OCc3ccco3)nc2)no1. The Hall–Kier alpha value is -3.21. The summed E-state index contributed by atoms with van der Waals surface area (Å²) in [6.45, 7) is 0.345. The molecule has 0 amide bonds. The van der Waals surface area contributed by atoms with Gasteiger partial charge in [0.05, 0.1) is 12.0 Å². The fourth-order valence-electron chi connectivity index (χ4n) is 2.60. The first-order valence-electron chi connectivity index (χ1n) is 9.87. The predicted molar refractivity (Wildman–Crippen MR) is 119 cm³/mol. The molecule has 0 aliphatic rings. The lowest BCUT2D eigenvalue weighted by atomic mass is 10.1. The van der Waals surface area contributed by atoms with Gasteiger partial charge in [0.2, 0.25) is 5.88 Å². The van der Waals surface area contributed by atoms with E-state index in [0.29, 0.717) is 24.7 Å². The number of pyridine rings is 1. The largest absolute Gasteiger partial charge is 0.473 e. The van der Waals surface area contributed by atoms with E-state index in [-0.39, 0.29) is 13.3 Å². The lowest BCUT2D eigenvalue weighted by Crippen LogP contribution is -2.09. The van der Waals surface area contributed by atoms with Crippen LogP contribution >= 0.6 is 7.82 Å². The maximum atomic E-state index is 11.2. The molecule has 0 aliphatic carbocycles. The summed E-state index contributed by atoms with van der Waals surface area (Å²) >= 11 is 0. The Morgan fingerprint density at radius 1 is 1.36 bits per heavy atom. The Balaban J connectivity index is 1.50. The number of nitrogens with zero attached hydrogens (tertiary/aromatic N) is 2. The smallest absolute Gasteiger partial charge is 0.469 e. The third kappa shape index (κ3) is 8.01. The van der Waals surface area contributed by atoms with Gasteiger partial charge in [0.15, 0.2) is 5.76 Å². The quantitative estimate of drug-likeness (QED) is 0.144. The fourth-order valence-corrected chi connectivity index (χ4v) is 2.94. The molecule has 0 bridgehead atoms. The third-order valence-corrected chi connectivity index (χ3v) is 5.19. The maximum Gasteiger partial charge on any atom is 0.473 e. The number of rotatable bonds is 13. The monoisotopic (exact) mass is 476 g/mol. The molecule has 12 heteroatoms. The van der Waals surface area contributed by atoms with Crippen molar-refractivity contribution in [3.05, 3.63) is 83.9 Å². The van der Waals surface area contributed by atoms with E-state index in [1.54, 1.807) is 36.7 Å². The number of nitrogens with two attached hydrogens (primary N) is 1. The molecule has 3 aromatic rings. The van der Waals surface area contributed by atoms with Crippen molar-refractivity contribution in [1.82, 2.24) is 15.5 Å². The minimum absolute atomic E-state index is 0.197. The van der Waals surface area contributed by atoms with E-state index in [2.05, 4.69) is 24.5 Å². The van der Waals surface area contributed by atoms with Crippen LogP contribution in [0.25, 0.3) is 5.57 Å². The zero-order valence-electron chi connectivity index (χ0n) is 17.9. The molecule has 0 aliphatic heterocycles. The van der Waals surface area contributed by atoms with E-state index < -0.39 is 7.82 Å². The van der Waals surface area contributed by atoms with Gasteiger partial charge >= 0.3 is 7.82 Å². The average Bonchev–Trinajstić information content (AvgIpc) is 3.50. The molecule has 176 valence electrons. The summed E-state index contributed by atoms with van der Waals surface area (Å²) in [6, 6.07) is 9.14. The second kappa shape index (κ2) is 12.1. The molecule has 0 aromatic carbocycles. The van der Waals surface area contributed by atoms with E-state index in [0.717, 1.165) is 29.7 Å². The lowest BCUT2D eigenvalue weighted by molar-refractivity contribution is 0.168. The van der Waals surface area contributed by atoms with Crippen LogP contribution in [-0.2, 0) is 26.6 Å². The van der Waals surface area contributed by atoms with Gasteiger partial charge in [-0.25, -0.2) is 9.55 Å². The number of ether oxygens (including phenoxy) is 1. The zero-order valence-corrected chi connectivity index (χ0v) is 18.8. The standard InChI is InChI=1S/C21H25N4O7P/c1-28-33(26,27)31-15-23-8-2-4-17(12-22)20-11-18(25-32-20)10-16-6-7-21(24-13-16)30-14-19-5-3-9-29-19/h2-9,11,13,23H,10,12,14-15,22H2,1H3,(H,26,27)/b8-2-,17-4+. The van der Waals surface area contributed by atoms with E-state index in [1.165, 1.54) is 6.20 Å². The van der Waals surface area contributed by atoms with Gasteiger partial charge in [-0.15, -0.1) is 0 Å². The van der Waals surface area contributed by atoms with Gasteiger partial charge < -0.3 is 29.6 Å². The summed E-state index contributed by atoms with van der Waals surface area (Å²) < 4.78 is 36.3. The van der Waals surface area contributed by atoms with Crippen molar-refractivity contribution < 1.29 is 32.2 Å². The fraction of sp³-hybridized carbons (Fsp3) is 0.238. The minimum Gasteiger partial charge on any atom is -0.469 e. The number of hydrogen-bond acceptors (Lipinski definition) is 10. The first kappa shape index (κ1) is 24.4. The van der Waals surface area contributed by atoms with Crippen molar-refractivity contribution in [2.24, 2.45) is 5.73 Å². The van der Waals surface area contributed by atoms with Gasteiger partial charge in [-0.2, -0.15) is 0 Å². The molecule has 3 heterocycles. The van der Waals surface area contributed by atoms with Crippen LogP contribution in [0, 0.1) is 0 Å². The van der Waals surface area contributed by atoms with Crippen LogP contribution in [-0.4, -0.2) is 35.4 Å². The number of furan rings is 1. The van der Waals surface area contributed by atoms with Crippen molar-refractivity contribution in [3.8, 4) is 5.88 Å². The number of allylic oxidation sites excluding steroid dienone is 2. The molecular weight excluding hydrogens is 451 g/mol. The summed E-state index contributed by atoms with van der Waals surface area (Å²) in [4.78, 5) is 13.4. The molecular formula is C21H25N4O7P. The number of phosphoric acid groups is 1. The molecule has 0 fully saturated rings. The summed E-state index contributed by atoms with van der Waals surface area (Å²) in [5, 5.41) is 6.79. The molecule has 4 N–H and O–H groups in total. The first-order valence-corrected chi connectivity index (χ1v) is 11.4. The normalized spacial score (nSPS) is 13.8. The zero-order chi connectivity index (χ0) is 23.5. The van der Waals surface area contributed by atoms with E-state index in [9.17, 15) is 4.57 Å². The molecule has 3 rings (SSSR count). The van der Waals surface area contributed by atoms with Crippen LogP contribution in [0.3, 0.4) is 0 Å². The highest BCUT2D eigenvalue weighted by molar-refractivity contribution is 7.47. The molecule has 0 saturated heterocycles. The second-order valence-corrected chi connectivity index (χ2v) is 8.18. The van der Waals surface area contributed by atoms with E-state index in [1.807, 2.05) is 18.2 Å². The number of aromatic nitrogens is 2. The summed E-state index contributed by atoms with van der Waals surface area (Å²) in [6.07, 6.45) is 8.77. The summed E-state index contributed by atoms with van der Waals surface area (Å²) in [7, 11) is -2.92. The molecule has 0 saturated carbocycles. The topological polar surface area (TPSA) is 155 Å². The van der Waals surface area contributed by atoms with Gasteiger partial charge in [-0.05, 0) is 30.0 Å². The Morgan fingerprint density at radius 3 is 2.94 bits per heavy atom. The Kier molecular flexibility index (Phi) is 8.99. The van der Waals surface area contributed by atoms with Crippen molar-refractivity contribution in [2.45, 2.75) is 13.0 Å². The highest BCUT2D eigenvalue weighted by Crippen LogP contribution is 2.41. The van der Waals surface area contributed by atoms with Crippen LogP contribution < -0.4 is 15.8 Å². The van der Waals surface area contributed by atoms with Gasteiger partial charge in [0.25, 0.3) is 0 Å². The van der Waals surface area contributed by atoms with E-state index in [4.69, 9.17) is 24.3 Å². The average molecular weight is 476 g/mol. The van der Waals surface area contributed by atoms with Crippen LogP contribution in [0.1, 0.15) is 22.8 Å². The molecule has 0 spiro atoms. The van der Waals surface area contributed by atoms with Gasteiger partial charge in [-0.3, -0.25) is 9.05 Å². The number of nitrogens with one attached hydrogen (secondary N) is 1. The van der Waals surface area contributed by atoms with Gasteiger partial charge in [0.1, 0.15) is 19.1 Å². The van der Waals surface area contributed by atoms with Crippen LogP contribution in [0.4, 0.5) is 0 Å². The maximum absolute atomic E-state index is 11.2. The predicted octanol–water partition coefficient (Wildman–Crippen LogP) is 3.00. The first-order chi connectivity index (χ1) is 16.0. The minimum atomic E-state index is -4.01. The van der Waals surface area contributed by atoms with Crippen LogP contribution in [0.5, 0.6) is 5.88 Å². The third-order valence-electron chi connectivity index (χ3n) is 4.27. The van der Waals surface area contributed by atoms with Crippen molar-refractivity contribution >= 4 is 13.4 Å². The summed E-state index contributed by atoms with van der Waals surface area (Å²) in [5.74, 6) is 1.76. The van der Waals surface area contributed by atoms with Crippen LogP contribution in [0.2, 0.25) is 0 Å². The Bertz CT molecular complexity index is 1090. The molecule has 33 heavy (non-hydrogen) atoms. The molecule has 3 aromatic heterocycles. The number of phosphoric ester groups is 1.